The summed E-state index contributed by atoms with van der Waals surface area (Å²) in [5.41, 5.74) is 16.3. The highest BCUT2D eigenvalue weighted by Crippen LogP contribution is 2.50. The largest absolute Gasteiger partial charge is 0.383 e. The average Bonchev–Trinajstić information content (AvgIpc) is 3.40. The molecule has 2 aliphatic rings. The van der Waals surface area contributed by atoms with E-state index in [0.717, 1.165) is 65.6 Å². The third kappa shape index (κ3) is 3.93. The predicted molar refractivity (Wildman–Crippen MR) is 150 cm³/mol. The Hall–Kier alpha value is -4.19. The van der Waals surface area contributed by atoms with E-state index in [0.29, 0.717) is 16.8 Å². The second-order valence-corrected chi connectivity index (χ2v) is 10.6. The summed E-state index contributed by atoms with van der Waals surface area (Å²) < 4.78 is 2.11. The molecule has 0 radical (unpaired) electrons. The molecular weight excluding hydrogens is 458 g/mol. The van der Waals surface area contributed by atoms with E-state index >= 15 is 0 Å². The van der Waals surface area contributed by atoms with Crippen molar-refractivity contribution >= 4 is 34.0 Å². The molecule has 0 saturated heterocycles. The van der Waals surface area contributed by atoms with Crippen LogP contribution in [0.3, 0.4) is 0 Å². The van der Waals surface area contributed by atoms with Crippen molar-refractivity contribution in [2.75, 3.05) is 11.1 Å². The maximum Gasteiger partial charge on any atom is 0.250 e. The summed E-state index contributed by atoms with van der Waals surface area (Å²) in [5, 5.41) is 3.80. The number of carbonyl (C=O) groups is 1. The summed E-state index contributed by atoms with van der Waals surface area (Å²) >= 11 is 0. The molecular formula is C31H31N5O. The highest BCUT2D eigenvalue weighted by Gasteiger charge is 2.38. The number of benzene rings is 2. The van der Waals surface area contributed by atoms with Gasteiger partial charge in [-0.1, -0.05) is 49.1 Å². The second kappa shape index (κ2) is 8.73. The van der Waals surface area contributed by atoms with Crippen molar-refractivity contribution < 1.29 is 4.79 Å². The van der Waals surface area contributed by atoms with E-state index in [-0.39, 0.29) is 5.91 Å². The highest BCUT2D eigenvalue weighted by atomic mass is 16.1. The van der Waals surface area contributed by atoms with Gasteiger partial charge in [-0.25, -0.2) is 9.97 Å². The van der Waals surface area contributed by atoms with E-state index in [2.05, 4.69) is 56.8 Å². The average molecular weight is 490 g/mol. The molecule has 2 aromatic carbocycles. The zero-order valence-electron chi connectivity index (χ0n) is 21.3. The number of allylic oxidation sites excluding steroid dienone is 2. The fourth-order valence-corrected chi connectivity index (χ4v) is 6.14. The smallest absolute Gasteiger partial charge is 0.250 e. The molecule has 186 valence electrons. The minimum Gasteiger partial charge on any atom is -0.383 e. The Morgan fingerprint density at radius 3 is 2.41 bits per heavy atom. The number of rotatable bonds is 4. The maximum absolute atomic E-state index is 12.1. The topological polar surface area (TPSA) is 85.8 Å². The van der Waals surface area contributed by atoms with E-state index in [1.54, 1.807) is 6.92 Å². The van der Waals surface area contributed by atoms with E-state index < -0.39 is 0 Å². The van der Waals surface area contributed by atoms with E-state index in [1.165, 1.54) is 23.0 Å². The molecule has 3 N–H and O–H groups in total. The molecule has 2 aliphatic carbocycles. The normalized spacial score (nSPS) is 16.0. The highest BCUT2D eigenvalue weighted by molar-refractivity contribution is 6.05. The first-order chi connectivity index (χ1) is 17.8. The Morgan fingerprint density at radius 2 is 1.78 bits per heavy atom. The van der Waals surface area contributed by atoms with E-state index in [1.807, 2.05) is 31.3 Å². The Bertz CT molecular complexity index is 1570. The Balaban J connectivity index is 1.41. The first kappa shape index (κ1) is 23.2. The van der Waals surface area contributed by atoms with Crippen molar-refractivity contribution in [1.82, 2.24) is 14.5 Å². The lowest BCUT2D eigenvalue weighted by Gasteiger charge is -2.33. The van der Waals surface area contributed by atoms with Crippen LogP contribution in [0.2, 0.25) is 0 Å². The van der Waals surface area contributed by atoms with Crippen molar-refractivity contribution in [3.05, 3.63) is 89.8 Å². The van der Waals surface area contributed by atoms with Gasteiger partial charge >= 0.3 is 0 Å². The fraction of sp³-hybridized carbons (Fsp3) is 0.258. The van der Waals surface area contributed by atoms with Gasteiger partial charge in [0.25, 0.3) is 5.91 Å². The number of hydrogen-bond donors (Lipinski definition) is 2. The summed E-state index contributed by atoms with van der Waals surface area (Å²) in [6.07, 6.45) is 9.44. The fourth-order valence-electron chi connectivity index (χ4n) is 6.14. The Labute approximate surface area is 216 Å². The number of nitrogen functional groups attached to an aromatic ring is 1. The molecule has 37 heavy (non-hydrogen) atoms. The first-order valence-electron chi connectivity index (χ1n) is 12.8. The van der Waals surface area contributed by atoms with Gasteiger partial charge in [-0.15, -0.1) is 0 Å². The number of amides is 1. The molecule has 0 aliphatic heterocycles. The lowest BCUT2D eigenvalue weighted by molar-refractivity contribution is -0.112. The van der Waals surface area contributed by atoms with Gasteiger partial charge < -0.3 is 15.6 Å². The Kier molecular flexibility index (Phi) is 5.48. The van der Waals surface area contributed by atoms with Gasteiger partial charge in [0.05, 0.1) is 11.1 Å². The number of hydrogen-bond acceptors (Lipinski definition) is 4. The van der Waals surface area contributed by atoms with Gasteiger partial charge in [0.1, 0.15) is 17.8 Å². The minimum absolute atomic E-state index is 0.184. The van der Waals surface area contributed by atoms with Gasteiger partial charge in [0, 0.05) is 23.9 Å². The molecule has 6 nitrogen and oxygen atoms in total. The quantitative estimate of drug-likeness (QED) is 0.340. The van der Waals surface area contributed by atoms with Crippen molar-refractivity contribution in [2.24, 2.45) is 12.5 Å². The predicted octanol–water partition coefficient (Wildman–Crippen LogP) is 6.08. The van der Waals surface area contributed by atoms with E-state index in [9.17, 15) is 4.79 Å². The monoisotopic (exact) mass is 489 g/mol. The van der Waals surface area contributed by atoms with Crippen molar-refractivity contribution in [1.29, 1.82) is 0 Å². The van der Waals surface area contributed by atoms with Crippen LogP contribution in [0.15, 0.2) is 73.1 Å². The van der Waals surface area contributed by atoms with Crippen LogP contribution >= 0.6 is 0 Å². The van der Waals surface area contributed by atoms with Crippen molar-refractivity contribution in [2.45, 2.75) is 39.0 Å². The number of fused-ring (bicyclic) bond motifs is 2. The third-order valence-electron chi connectivity index (χ3n) is 8.08. The summed E-state index contributed by atoms with van der Waals surface area (Å²) in [7, 11) is 2.03. The molecule has 6 heteroatoms. The molecule has 0 unspecified atom stereocenters. The van der Waals surface area contributed by atoms with Gasteiger partial charge in [-0.3, -0.25) is 4.79 Å². The van der Waals surface area contributed by atoms with Crippen LogP contribution in [0.5, 0.6) is 0 Å². The van der Waals surface area contributed by atoms with Gasteiger partial charge in [0.2, 0.25) is 0 Å². The van der Waals surface area contributed by atoms with Gasteiger partial charge in [-0.2, -0.15) is 0 Å². The zero-order valence-corrected chi connectivity index (χ0v) is 21.3. The number of nitrogens with one attached hydrogen (secondary N) is 1. The second-order valence-electron chi connectivity index (χ2n) is 10.6. The minimum atomic E-state index is -0.184. The summed E-state index contributed by atoms with van der Waals surface area (Å²) in [4.78, 5) is 21.0. The SMILES string of the molecule is C=C(C)C(=O)Nc1ccc(-c2c(C3=CCC4(CC3)Cc3ccccc3C4)c3c(N)ncnc3n2C)cc1. The van der Waals surface area contributed by atoms with Crippen molar-refractivity contribution in [3.63, 3.8) is 0 Å². The molecule has 0 fully saturated rings. The molecule has 2 aromatic heterocycles. The number of aryl methyl sites for hydroxylation is 1. The molecule has 0 atom stereocenters. The molecule has 2 heterocycles. The van der Waals surface area contributed by atoms with Crippen LogP contribution in [0.1, 0.15) is 42.9 Å². The third-order valence-corrected chi connectivity index (χ3v) is 8.08. The molecule has 4 aromatic rings. The number of nitrogens with two attached hydrogens (primary N) is 1. The van der Waals surface area contributed by atoms with Crippen molar-refractivity contribution in [3.8, 4) is 11.3 Å². The first-order valence-corrected chi connectivity index (χ1v) is 12.8. The summed E-state index contributed by atoms with van der Waals surface area (Å²) in [6.45, 7) is 5.41. The molecule has 6 rings (SSSR count). The lowest BCUT2D eigenvalue weighted by atomic mass is 9.71. The number of aromatic nitrogens is 3. The van der Waals surface area contributed by atoms with Crippen LogP contribution in [0, 0.1) is 5.41 Å². The standard InChI is InChI=1S/C31H31N5O/c1-19(2)30(37)35-24-10-8-21(9-11-24)27-25(26-28(32)33-18-34-29(26)36(27)3)20-12-14-31(15-13-20)16-22-6-4-5-7-23(22)17-31/h4-12,18H,1,13-17H2,2-3H3,(H,35,37)(H2,32,33,34). The van der Waals surface area contributed by atoms with Crippen LogP contribution in [0.25, 0.3) is 27.9 Å². The Morgan fingerprint density at radius 1 is 1.08 bits per heavy atom. The van der Waals surface area contributed by atoms with Crippen LogP contribution in [-0.4, -0.2) is 20.4 Å². The molecule has 1 spiro atoms. The maximum atomic E-state index is 12.1. The van der Waals surface area contributed by atoms with Crippen LogP contribution in [0.4, 0.5) is 11.5 Å². The molecule has 0 bridgehead atoms. The van der Waals surface area contributed by atoms with Crippen LogP contribution in [-0.2, 0) is 24.7 Å². The lowest BCUT2D eigenvalue weighted by Crippen LogP contribution is -2.23. The number of nitrogens with zero attached hydrogens (tertiary/aromatic N) is 3. The summed E-state index contributed by atoms with van der Waals surface area (Å²) in [6, 6.07) is 16.8. The van der Waals surface area contributed by atoms with Crippen LogP contribution < -0.4 is 11.1 Å². The molecule has 1 amide bonds. The van der Waals surface area contributed by atoms with Gasteiger partial charge in [0.15, 0.2) is 0 Å². The number of anilines is 2. The molecule has 0 saturated carbocycles. The summed E-state index contributed by atoms with van der Waals surface area (Å²) in [5.74, 6) is 0.318. The number of carbonyl (C=O) groups excluding carboxylic acids is 1. The van der Waals surface area contributed by atoms with E-state index in [4.69, 9.17) is 5.73 Å². The zero-order chi connectivity index (χ0) is 25.7. The van der Waals surface area contributed by atoms with Gasteiger partial charge in [-0.05, 0) is 78.8 Å².